The highest BCUT2D eigenvalue weighted by molar-refractivity contribution is 6.40. The molecule has 0 heterocycles. The molecule has 16 heteroatoms. The molecule has 12 unspecified atom stereocenters. The van der Waals surface area contributed by atoms with Crippen LogP contribution in [0.4, 0.5) is 0 Å². The van der Waals surface area contributed by atoms with E-state index in [2.05, 4.69) is 10.8 Å². The minimum absolute atomic E-state index is 0.0589. The second-order valence-corrected chi connectivity index (χ2v) is 17.1. The number of carbonyl (C=O) groups excluding carboxylic acids is 1. The minimum atomic E-state index is -1.22. The minimum Gasteiger partial charge on any atom is -0.481 e. The summed E-state index contributed by atoms with van der Waals surface area (Å²) in [6.07, 6.45) is 8.65. The van der Waals surface area contributed by atoms with Gasteiger partial charge in [-0.2, -0.15) is 5.48 Å². The van der Waals surface area contributed by atoms with Crippen molar-refractivity contribution in [3.8, 4) is 0 Å². The highest BCUT2D eigenvalue weighted by Gasteiger charge is 2.55. The number of carbonyl (C=O) groups is 3. The van der Waals surface area contributed by atoms with Crippen LogP contribution in [0.3, 0.4) is 0 Å². The monoisotopic (exact) mass is 792 g/mol. The lowest BCUT2D eigenvalue weighted by molar-refractivity contribution is -0.148. The first-order chi connectivity index (χ1) is 21.2. The van der Waals surface area contributed by atoms with Crippen LogP contribution in [0.1, 0.15) is 57.8 Å². The summed E-state index contributed by atoms with van der Waals surface area (Å²) in [4.78, 5) is 42.8. The number of hydroxylamine groups is 1. The van der Waals surface area contributed by atoms with Crippen LogP contribution in [0.15, 0.2) is 0 Å². The van der Waals surface area contributed by atoms with Crippen molar-refractivity contribution in [2.24, 2.45) is 35.5 Å². The first-order valence-electron chi connectivity index (χ1n) is 15.5. The van der Waals surface area contributed by atoms with Crippen LogP contribution in [0, 0.1) is 35.5 Å². The second-order valence-electron chi connectivity index (χ2n) is 13.1. The first kappa shape index (κ1) is 38.5. The number of carboxylic acid groups (broad SMARTS) is 2. The van der Waals surface area contributed by atoms with Crippen LogP contribution in [0.2, 0.25) is 0 Å². The number of alkyl halides is 8. The molecular formula is C29H40Cl8N2O6. The molecule has 0 spiro atoms. The van der Waals surface area contributed by atoms with Crippen molar-refractivity contribution in [3.63, 3.8) is 0 Å². The summed E-state index contributed by atoms with van der Waals surface area (Å²) >= 11 is 50.6. The smallest absolute Gasteiger partial charge is 0.308 e. The van der Waals surface area contributed by atoms with E-state index in [0.29, 0.717) is 11.8 Å². The van der Waals surface area contributed by atoms with Gasteiger partial charge in [-0.05, 0) is 69.6 Å². The van der Waals surface area contributed by atoms with Crippen LogP contribution >= 0.6 is 92.8 Å². The molecule has 1 amide bonds. The predicted octanol–water partition coefficient (Wildman–Crippen LogP) is 6.65. The Morgan fingerprint density at radius 2 is 0.978 bits per heavy atom. The number of nitrogens with one attached hydrogen (secondary N) is 2. The zero-order chi connectivity index (χ0) is 33.2. The molecule has 45 heavy (non-hydrogen) atoms. The highest BCUT2D eigenvalue weighted by Crippen LogP contribution is 2.44. The van der Waals surface area contributed by atoms with Crippen molar-refractivity contribution in [3.05, 3.63) is 0 Å². The Morgan fingerprint density at radius 3 is 1.47 bits per heavy atom. The van der Waals surface area contributed by atoms with Gasteiger partial charge in [-0.1, -0.05) is 0 Å². The molecule has 4 aliphatic rings. The van der Waals surface area contributed by atoms with Crippen molar-refractivity contribution >= 4 is 111 Å². The van der Waals surface area contributed by atoms with Gasteiger partial charge in [0.2, 0.25) is 5.91 Å². The second kappa shape index (κ2) is 17.0. The van der Waals surface area contributed by atoms with Gasteiger partial charge >= 0.3 is 11.9 Å². The van der Waals surface area contributed by atoms with Gasteiger partial charge in [0.1, 0.15) is 0 Å². The van der Waals surface area contributed by atoms with E-state index in [0.717, 1.165) is 57.8 Å². The molecule has 0 aromatic heterocycles. The molecule has 4 N–H and O–H groups in total. The fraction of sp³-hybridized carbons (Fsp3) is 0.897. The predicted molar refractivity (Wildman–Crippen MR) is 180 cm³/mol. The van der Waals surface area contributed by atoms with Crippen molar-refractivity contribution in [2.45, 2.75) is 113 Å². The summed E-state index contributed by atoms with van der Waals surface area (Å²) in [5, 5.41) is 15.9. The molecule has 4 fully saturated rings. The summed E-state index contributed by atoms with van der Waals surface area (Å²) in [6.45, 7) is 0.0658. The lowest BCUT2D eigenvalue weighted by atomic mass is 9.75. The first-order valence-corrected chi connectivity index (χ1v) is 19.0. The number of hydrogen-bond donors (Lipinski definition) is 4. The maximum atomic E-state index is 13.2. The molecule has 0 saturated heterocycles. The average Bonchev–Trinajstić information content (AvgIpc) is 3.00. The Kier molecular flexibility index (Phi) is 14.6. The number of hydrogen-bond acceptors (Lipinski definition) is 5. The molecule has 0 aromatic carbocycles. The third-order valence-corrected chi connectivity index (χ3v) is 15.4. The van der Waals surface area contributed by atoms with E-state index in [1.165, 1.54) is 0 Å². The van der Waals surface area contributed by atoms with Gasteiger partial charge in [0.05, 0.1) is 67.4 Å². The molecule has 0 aromatic rings. The van der Waals surface area contributed by atoms with Gasteiger partial charge < -0.3 is 20.4 Å². The topological polar surface area (TPSA) is 125 Å². The van der Waals surface area contributed by atoms with Crippen LogP contribution < -0.4 is 10.8 Å². The van der Waals surface area contributed by atoms with E-state index >= 15 is 0 Å². The molecule has 0 aliphatic heterocycles. The van der Waals surface area contributed by atoms with Crippen molar-refractivity contribution < 1.29 is 29.4 Å². The van der Waals surface area contributed by atoms with Crippen LogP contribution in [0.5, 0.6) is 0 Å². The maximum absolute atomic E-state index is 13.2. The zero-order valence-corrected chi connectivity index (χ0v) is 30.4. The summed E-state index contributed by atoms with van der Waals surface area (Å²) in [7, 11) is 0. The summed E-state index contributed by atoms with van der Waals surface area (Å²) in [6, 6.07) is 0.0954. The average molecular weight is 796 g/mol. The van der Waals surface area contributed by atoms with Gasteiger partial charge in [-0.15, -0.1) is 92.8 Å². The molecule has 4 saturated carbocycles. The van der Waals surface area contributed by atoms with E-state index in [1.807, 2.05) is 0 Å². The van der Waals surface area contributed by atoms with E-state index in [9.17, 15) is 24.6 Å². The molecule has 8 nitrogen and oxygen atoms in total. The Bertz CT molecular complexity index is 1030. The fourth-order valence-corrected chi connectivity index (χ4v) is 10.8. The maximum Gasteiger partial charge on any atom is 0.308 e. The Labute approximate surface area is 304 Å². The third kappa shape index (κ3) is 9.07. The Balaban J connectivity index is 1.17. The molecule has 0 radical (unpaired) electrons. The molecular weight excluding hydrogens is 756 g/mol. The summed E-state index contributed by atoms with van der Waals surface area (Å²) in [5.74, 6) is -5.41. The standard InChI is InChI=1S/C29H40Cl8N2O6/c30-19-15(16(28(41)42)20(31)24(35)23(19)34)10-45-39-14-7-3-12(4-8-14)9-11-1-5-13(6-2-11)38-27(40)17-18(29(43)44)22(33)26(37)25(36)21(17)32/h11-26,39H,1-10H2,(H,38,40)(H,41,42)(H,43,44). The molecule has 4 aliphatic carbocycles. The van der Waals surface area contributed by atoms with Gasteiger partial charge in [0, 0.05) is 18.0 Å². The third-order valence-electron chi connectivity index (χ3n) is 10.2. The van der Waals surface area contributed by atoms with Crippen LogP contribution in [0.25, 0.3) is 0 Å². The largest absolute Gasteiger partial charge is 0.481 e. The van der Waals surface area contributed by atoms with Crippen molar-refractivity contribution in [1.29, 1.82) is 0 Å². The van der Waals surface area contributed by atoms with Gasteiger partial charge in [0.25, 0.3) is 0 Å². The molecule has 12 atom stereocenters. The number of rotatable bonds is 10. The quantitative estimate of drug-likeness (QED) is 0.144. The van der Waals surface area contributed by atoms with Crippen LogP contribution in [-0.4, -0.2) is 89.8 Å². The summed E-state index contributed by atoms with van der Waals surface area (Å²) < 4.78 is 0. The zero-order valence-electron chi connectivity index (χ0n) is 24.4. The van der Waals surface area contributed by atoms with Gasteiger partial charge in [-0.25, -0.2) is 0 Å². The van der Waals surface area contributed by atoms with Crippen molar-refractivity contribution in [1.82, 2.24) is 10.8 Å². The normalized spacial score (nSPS) is 45.9. The Hall–Kier alpha value is 0.650. The number of aliphatic carboxylic acids is 2. The number of carboxylic acids is 2. The number of halogens is 8. The van der Waals surface area contributed by atoms with E-state index in [4.69, 9.17) is 97.6 Å². The molecule has 0 bridgehead atoms. The lowest BCUT2D eigenvalue weighted by Crippen LogP contribution is -2.58. The SMILES string of the molecule is O=C(O)C1C(Cl)C(Cl)C(Cl)C(Cl)C1CONC1CCC(CC2CCC(NC(=O)C3C(Cl)C(Cl)C(Cl)C(Cl)C3C(=O)O)CC2)CC1. The molecule has 4 rings (SSSR count). The van der Waals surface area contributed by atoms with Crippen molar-refractivity contribution in [2.75, 3.05) is 6.61 Å². The van der Waals surface area contributed by atoms with E-state index in [-0.39, 0.29) is 18.7 Å². The fourth-order valence-electron chi connectivity index (χ4n) is 7.57. The Morgan fingerprint density at radius 1 is 0.556 bits per heavy atom. The van der Waals surface area contributed by atoms with Crippen LogP contribution in [-0.2, 0) is 19.2 Å². The summed E-state index contributed by atoms with van der Waals surface area (Å²) in [5.41, 5.74) is 3.10. The lowest BCUT2D eigenvalue weighted by Gasteiger charge is -2.41. The van der Waals surface area contributed by atoms with E-state index in [1.54, 1.807) is 0 Å². The molecule has 258 valence electrons. The van der Waals surface area contributed by atoms with E-state index < -0.39 is 84.5 Å². The number of amides is 1. The van der Waals surface area contributed by atoms with Gasteiger partial charge in [-0.3, -0.25) is 14.4 Å². The van der Waals surface area contributed by atoms with Gasteiger partial charge in [0.15, 0.2) is 0 Å². The highest BCUT2D eigenvalue weighted by atomic mass is 35.5.